The molecule has 5 nitrogen and oxygen atoms in total. The number of benzene rings is 1. The molecule has 18 heavy (non-hydrogen) atoms. The van der Waals surface area contributed by atoms with Crippen molar-refractivity contribution in [2.24, 2.45) is 0 Å². The van der Waals surface area contributed by atoms with Gasteiger partial charge in [0.15, 0.2) is 0 Å². The van der Waals surface area contributed by atoms with Gasteiger partial charge >= 0.3 is 5.97 Å². The van der Waals surface area contributed by atoms with Crippen LogP contribution in [0, 0.1) is 0 Å². The second-order valence-corrected chi connectivity index (χ2v) is 4.69. The molecule has 0 saturated heterocycles. The van der Waals surface area contributed by atoms with Gasteiger partial charge in [-0.1, -0.05) is 12.1 Å². The quantitative estimate of drug-likeness (QED) is 0.826. The molecular formula is C13H12N2O3. The molecule has 1 saturated carbocycles. The lowest BCUT2D eigenvalue weighted by Gasteiger charge is -2.40. The van der Waals surface area contributed by atoms with Gasteiger partial charge in [0.2, 0.25) is 0 Å². The van der Waals surface area contributed by atoms with Crippen LogP contribution in [-0.4, -0.2) is 32.3 Å². The molecule has 1 aromatic heterocycles. The lowest BCUT2D eigenvalue weighted by atomic mass is 9.65. The average Bonchev–Trinajstić information content (AvgIpc) is 2.34. The van der Waals surface area contributed by atoms with Gasteiger partial charge in [-0.3, -0.25) is 9.78 Å². The Labute approximate surface area is 103 Å². The Morgan fingerprint density at radius 1 is 1.28 bits per heavy atom. The minimum Gasteiger partial charge on any atom is -0.481 e. The number of nitrogens with zero attached hydrogens (tertiary/aromatic N) is 2. The van der Waals surface area contributed by atoms with E-state index in [0.717, 1.165) is 5.52 Å². The van der Waals surface area contributed by atoms with Crippen LogP contribution in [0.5, 0.6) is 0 Å². The third-order valence-corrected chi connectivity index (χ3v) is 3.52. The fraction of sp³-hybridized carbons (Fsp3) is 0.308. The first kappa shape index (κ1) is 11.1. The van der Waals surface area contributed by atoms with Crippen molar-refractivity contribution in [3.8, 4) is 0 Å². The number of aliphatic carboxylic acids is 1. The average molecular weight is 244 g/mol. The summed E-state index contributed by atoms with van der Waals surface area (Å²) in [4.78, 5) is 20.0. The van der Waals surface area contributed by atoms with Crippen molar-refractivity contribution >= 4 is 17.0 Å². The van der Waals surface area contributed by atoms with Crippen molar-refractivity contribution in [3.05, 3.63) is 36.2 Å². The maximum absolute atomic E-state index is 11.4. The highest BCUT2D eigenvalue weighted by Crippen LogP contribution is 2.43. The van der Waals surface area contributed by atoms with Gasteiger partial charge in [0.05, 0.1) is 29.0 Å². The van der Waals surface area contributed by atoms with Crippen molar-refractivity contribution < 1.29 is 15.0 Å². The first-order valence-electron chi connectivity index (χ1n) is 5.75. The number of para-hydroxylation sites is 2. The van der Waals surface area contributed by atoms with Crippen molar-refractivity contribution in [1.29, 1.82) is 0 Å². The second-order valence-electron chi connectivity index (χ2n) is 4.69. The number of hydrogen-bond donors (Lipinski definition) is 2. The maximum Gasteiger partial charge on any atom is 0.316 e. The zero-order valence-corrected chi connectivity index (χ0v) is 9.58. The smallest absolute Gasteiger partial charge is 0.316 e. The Kier molecular flexibility index (Phi) is 2.31. The summed E-state index contributed by atoms with van der Waals surface area (Å²) in [5.41, 5.74) is 0.772. The highest BCUT2D eigenvalue weighted by Gasteiger charge is 2.52. The summed E-state index contributed by atoms with van der Waals surface area (Å²) < 4.78 is 0. The van der Waals surface area contributed by atoms with E-state index in [1.54, 1.807) is 6.07 Å². The topological polar surface area (TPSA) is 83.3 Å². The Morgan fingerprint density at radius 3 is 2.56 bits per heavy atom. The zero-order valence-electron chi connectivity index (χ0n) is 9.58. The number of carboxylic acid groups (broad SMARTS) is 1. The van der Waals surface area contributed by atoms with Crippen LogP contribution >= 0.6 is 0 Å². The number of rotatable bonds is 2. The van der Waals surface area contributed by atoms with E-state index in [1.165, 1.54) is 6.20 Å². The Hall–Kier alpha value is -2.01. The molecule has 0 aliphatic heterocycles. The van der Waals surface area contributed by atoms with Crippen molar-refractivity contribution in [1.82, 2.24) is 9.97 Å². The van der Waals surface area contributed by atoms with Gasteiger partial charge in [-0.15, -0.1) is 0 Å². The van der Waals surface area contributed by atoms with Crippen LogP contribution in [0.25, 0.3) is 11.0 Å². The molecule has 92 valence electrons. The van der Waals surface area contributed by atoms with Gasteiger partial charge in [-0.25, -0.2) is 4.98 Å². The van der Waals surface area contributed by atoms with E-state index in [-0.39, 0.29) is 12.8 Å². The molecule has 2 aromatic rings. The molecule has 5 heteroatoms. The van der Waals surface area contributed by atoms with E-state index < -0.39 is 17.5 Å². The molecule has 2 N–H and O–H groups in total. The predicted octanol–water partition coefficient (Wildman–Crippen LogP) is 1.11. The van der Waals surface area contributed by atoms with Crippen molar-refractivity contribution in [2.45, 2.75) is 24.4 Å². The molecule has 1 aromatic carbocycles. The number of aliphatic hydroxyl groups is 1. The monoisotopic (exact) mass is 244 g/mol. The standard InChI is InChI=1S/C13H12N2O3/c16-8-5-13(6-8,12(17)18)11-7-14-9-3-1-2-4-10(9)15-11/h1-4,7-8,16H,5-6H2,(H,17,18). The summed E-state index contributed by atoms with van der Waals surface area (Å²) in [6.07, 6.45) is 1.35. The fourth-order valence-corrected chi connectivity index (χ4v) is 2.43. The largest absolute Gasteiger partial charge is 0.481 e. The third kappa shape index (κ3) is 1.48. The molecule has 0 atom stereocenters. The number of hydrogen-bond acceptors (Lipinski definition) is 4. The van der Waals surface area contributed by atoms with Gasteiger partial charge in [0, 0.05) is 0 Å². The first-order valence-corrected chi connectivity index (χ1v) is 5.75. The Balaban J connectivity index is 2.11. The van der Waals surface area contributed by atoms with Crippen molar-refractivity contribution in [2.75, 3.05) is 0 Å². The molecule has 0 amide bonds. The molecular weight excluding hydrogens is 232 g/mol. The van der Waals surface area contributed by atoms with Gasteiger partial charge in [0.1, 0.15) is 5.41 Å². The van der Waals surface area contributed by atoms with Gasteiger partial charge < -0.3 is 10.2 Å². The second kappa shape index (κ2) is 3.74. The molecule has 1 heterocycles. The zero-order chi connectivity index (χ0) is 12.8. The van der Waals surface area contributed by atoms with E-state index in [2.05, 4.69) is 9.97 Å². The highest BCUT2D eigenvalue weighted by molar-refractivity contribution is 5.83. The Bertz CT molecular complexity index is 620. The van der Waals surface area contributed by atoms with E-state index in [4.69, 9.17) is 0 Å². The minimum atomic E-state index is -1.07. The maximum atomic E-state index is 11.4. The SMILES string of the molecule is O=C(O)C1(c2cnc3ccccc3n2)CC(O)C1. The highest BCUT2D eigenvalue weighted by atomic mass is 16.4. The molecule has 0 radical (unpaired) electrons. The summed E-state index contributed by atoms with van der Waals surface area (Å²) in [7, 11) is 0. The number of aromatic nitrogens is 2. The lowest BCUT2D eigenvalue weighted by Crippen LogP contribution is -2.51. The van der Waals surface area contributed by atoms with Crippen LogP contribution < -0.4 is 0 Å². The van der Waals surface area contributed by atoms with E-state index in [0.29, 0.717) is 11.2 Å². The summed E-state index contributed by atoms with van der Waals surface area (Å²) in [6, 6.07) is 7.33. The van der Waals surface area contributed by atoms with Gasteiger partial charge in [-0.2, -0.15) is 0 Å². The third-order valence-electron chi connectivity index (χ3n) is 3.52. The molecule has 0 unspecified atom stereocenters. The summed E-state index contributed by atoms with van der Waals surface area (Å²) in [5.74, 6) is -0.947. The lowest BCUT2D eigenvalue weighted by molar-refractivity contribution is -0.153. The van der Waals surface area contributed by atoms with E-state index in [9.17, 15) is 15.0 Å². The molecule has 1 fully saturated rings. The summed E-state index contributed by atoms with van der Waals surface area (Å²) in [5, 5.41) is 18.7. The Morgan fingerprint density at radius 2 is 1.94 bits per heavy atom. The molecule has 1 aliphatic carbocycles. The summed E-state index contributed by atoms with van der Waals surface area (Å²) in [6.45, 7) is 0. The van der Waals surface area contributed by atoms with Crippen LogP contribution in [-0.2, 0) is 10.2 Å². The minimum absolute atomic E-state index is 0.204. The number of aliphatic hydroxyl groups excluding tert-OH is 1. The fourth-order valence-electron chi connectivity index (χ4n) is 2.43. The molecule has 1 aliphatic rings. The van der Waals surface area contributed by atoms with Gasteiger partial charge in [-0.05, 0) is 25.0 Å². The summed E-state index contributed by atoms with van der Waals surface area (Å²) >= 11 is 0. The predicted molar refractivity (Wildman–Crippen MR) is 64.1 cm³/mol. The van der Waals surface area contributed by atoms with Gasteiger partial charge in [0.25, 0.3) is 0 Å². The van der Waals surface area contributed by atoms with Crippen molar-refractivity contribution in [3.63, 3.8) is 0 Å². The normalized spacial score (nSPS) is 26.8. The molecule has 0 spiro atoms. The number of carboxylic acids is 1. The van der Waals surface area contributed by atoms with Crippen LogP contribution in [0.3, 0.4) is 0 Å². The number of carbonyl (C=O) groups is 1. The molecule has 0 bridgehead atoms. The van der Waals surface area contributed by atoms with E-state index >= 15 is 0 Å². The van der Waals surface area contributed by atoms with Crippen LogP contribution in [0.15, 0.2) is 30.5 Å². The van der Waals surface area contributed by atoms with Crippen LogP contribution in [0.4, 0.5) is 0 Å². The van der Waals surface area contributed by atoms with Crippen LogP contribution in [0.2, 0.25) is 0 Å². The van der Waals surface area contributed by atoms with Crippen LogP contribution in [0.1, 0.15) is 18.5 Å². The van der Waals surface area contributed by atoms with E-state index in [1.807, 2.05) is 18.2 Å². The first-order chi connectivity index (χ1) is 8.62. The molecule has 3 rings (SSSR count). The number of fused-ring (bicyclic) bond motifs is 1.